The van der Waals surface area contributed by atoms with Crippen molar-refractivity contribution < 1.29 is 22.0 Å². The van der Waals surface area contributed by atoms with Crippen LogP contribution in [-0.2, 0) is 9.84 Å². The van der Waals surface area contributed by atoms with Gasteiger partial charge in [-0.25, -0.2) is 12.8 Å². The molecular weight excluding hydrogens is 349 g/mol. The normalized spacial score (nSPS) is 11.3. The third-order valence-electron chi connectivity index (χ3n) is 3.24. The highest BCUT2D eigenvalue weighted by Gasteiger charge is 2.15. The molecule has 7 nitrogen and oxygen atoms in total. The van der Waals surface area contributed by atoms with Gasteiger partial charge in [-0.3, -0.25) is 10.1 Å². The Kier molecular flexibility index (Phi) is 4.32. The molecule has 1 aromatic heterocycles. The Balaban J connectivity index is 1.81. The molecule has 3 rings (SSSR count). The summed E-state index contributed by atoms with van der Waals surface area (Å²) in [5.41, 5.74) is 0.487. The van der Waals surface area contributed by atoms with Crippen LogP contribution in [-0.4, -0.2) is 30.8 Å². The van der Waals surface area contributed by atoms with Crippen molar-refractivity contribution in [2.45, 2.75) is 4.90 Å². The molecule has 0 bridgehead atoms. The zero-order valence-corrected chi connectivity index (χ0v) is 13.7. The van der Waals surface area contributed by atoms with E-state index in [1.165, 1.54) is 42.5 Å². The Morgan fingerprint density at radius 1 is 1.12 bits per heavy atom. The van der Waals surface area contributed by atoms with Gasteiger partial charge in [-0.05, 0) is 36.4 Å². The second-order valence-corrected chi connectivity index (χ2v) is 7.19. The SMILES string of the molecule is CS(=O)(=O)c1cccc(C(=O)Nc2nnc(-c3cccc(F)c3)o2)c1. The van der Waals surface area contributed by atoms with E-state index in [1.807, 2.05) is 0 Å². The number of hydrogen-bond donors (Lipinski definition) is 1. The van der Waals surface area contributed by atoms with E-state index in [4.69, 9.17) is 4.42 Å². The lowest BCUT2D eigenvalue weighted by Gasteiger charge is -2.03. The second-order valence-electron chi connectivity index (χ2n) is 5.18. The molecule has 1 heterocycles. The van der Waals surface area contributed by atoms with Crippen LogP contribution in [0.15, 0.2) is 57.8 Å². The van der Waals surface area contributed by atoms with Crippen molar-refractivity contribution in [1.82, 2.24) is 10.2 Å². The number of carbonyl (C=O) groups is 1. The Hall–Kier alpha value is -3.07. The van der Waals surface area contributed by atoms with Crippen molar-refractivity contribution in [3.05, 3.63) is 59.9 Å². The first-order valence-electron chi connectivity index (χ1n) is 7.04. The zero-order chi connectivity index (χ0) is 18.0. The molecule has 0 atom stereocenters. The molecule has 1 N–H and O–H groups in total. The molecule has 0 aliphatic carbocycles. The first-order chi connectivity index (χ1) is 11.8. The Morgan fingerprint density at radius 2 is 1.88 bits per heavy atom. The number of nitrogens with zero attached hydrogens (tertiary/aromatic N) is 2. The Bertz CT molecular complexity index is 1050. The summed E-state index contributed by atoms with van der Waals surface area (Å²) in [6.45, 7) is 0. The van der Waals surface area contributed by atoms with Crippen LogP contribution in [0, 0.1) is 5.82 Å². The highest BCUT2D eigenvalue weighted by atomic mass is 32.2. The number of anilines is 1. The summed E-state index contributed by atoms with van der Waals surface area (Å²) in [7, 11) is -3.43. The lowest BCUT2D eigenvalue weighted by Crippen LogP contribution is -2.13. The van der Waals surface area contributed by atoms with Crippen LogP contribution in [0.25, 0.3) is 11.5 Å². The van der Waals surface area contributed by atoms with Gasteiger partial charge in [0.15, 0.2) is 9.84 Å². The Labute approximate surface area is 142 Å². The summed E-state index contributed by atoms with van der Waals surface area (Å²) < 4.78 is 41.6. The lowest BCUT2D eigenvalue weighted by atomic mass is 10.2. The average Bonchev–Trinajstić information content (AvgIpc) is 3.03. The molecule has 1 amide bonds. The van der Waals surface area contributed by atoms with Gasteiger partial charge in [-0.2, -0.15) is 0 Å². The smallest absolute Gasteiger partial charge is 0.322 e. The molecule has 0 saturated carbocycles. The molecule has 128 valence electrons. The van der Waals surface area contributed by atoms with Gasteiger partial charge in [-0.15, -0.1) is 5.10 Å². The minimum atomic E-state index is -3.43. The predicted octanol–water partition coefficient (Wildman–Crippen LogP) is 2.53. The van der Waals surface area contributed by atoms with Crippen LogP contribution < -0.4 is 5.32 Å². The number of aromatic nitrogens is 2. The lowest BCUT2D eigenvalue weighted by molar-refractivity contribution is 0.102. The van der Waals surface area contributed by atoms with Gasteiger partial charge in [0.1, 0.15) is 5.82 Å². The number of benzene rings is 2. The molecule has 0 unspecified atom stereocenters. The van der Waals surface area contributed by atoms with E-state index < -0.39 is 21.6 Å². The van der Waals surface area contributed by atoms with Gasteiger partial charge >= 0.3 is 6.01 Å². The van der Waals surface area contributed by atoms with Gasteiger partial charge in [0.05, 0.1) is 4.90 Å². The van der Waals surface area contributed by atoms with Crippen LogP contribution in [0.4, 0.5) is 10.4 Å². The summed E-state index contributed by atoms with van der Waals surface area (Å²) in [5, 5.41) is 9.78. The van der Waals surface area contributed by atoms with Crippen LogP contribution in [0.3, 0.4) is 0 Å². The molecule has 3 aromatic rings. The highest BCUT2D eigenvalue weighted by molar-refractivity contribution is 7.90. The maximum absolute atomic E-state index is 13.2. The van der Waals surface area contributed by atoms with Gasteiger partial charge in [0, 0.05) is 17.4 Å². The Morgan fingerprint density at radius 3 is 2.60 bits per heavy atom. The molecule has 25 heavy (non-hydrogen) atoms. The second kappa shape index (κ2) is 6.44. The third-order valence-corrected chi connectivity index (χ3v) is 4.35. The van der Waals surface area contributed by atoms with Gasteiger partial charge in [0.2, 0.25) is 5.89 Å². The van der Waals surface area contributed by atoms with Gasteiger partial charge < -0.3 is 4.42 Å². The number of carbonyl (C=O) groups excluding carboxylic acids is 1. The largest absolute Gasteiger partial charge is 0.403 e. The van der Waals surface area contributed by atoms with Crippen LogP contribution >= 0.6 is 0 Å². The average molecular weight is 361 g/mol. The molecule has 0 aliphatic heterocycles. The predicted molar refractivity (Wildman–Crippen MR) is 87.2 cm³/mol. The fourth-order valence-electron chi connectivity index (χ4n) is 2.05. The number of hydrogen-bond acceptors (Lipinski definition) is 6. The van der Waals surface area contributed by atoms with Crippen LogP contribution in [0.5, 0.6) is 0 Å². The highest BCUT2D eigenvalue weighted by Crippen LogP contribution is 2.21. The van der Waals surface area contributed by atoms with Crippen LogP contribution in [0.1, 0.15) is 10.4 Å². The van der Waals surface area contributed by atoms with Crippen molar-refractivity contribution in [1.29, 1.82) is 0 Å². The minimum Gasteiger partial charge on any atom is -0.403 e. The maximum atomic E-state index is 13.2. The maximum Gasteiger partial charge on any atom is 0.322 e. The number of halogens is 1. The van der Waals surface area contributed by atoms with E-state index in [1.54, 1.807) is 6.07 Å². The van der Waals surface area contributed by atoms with E-state index in [0.29, 0.717) is 5.56 Å². The van der Waals surface area contributed by atoms with E-state index in [2.05, 4.69) is 15.5 Å². The quantitative estimate of drug-likeness (QED) is 0.766. The molecule has 0 saturated heterocycles. The van der Waals surface area contributed by atoms with Crippen molar-refractivity contribution in [2.24, 2.45) is 0 Å². The molecule has 2 aromatic carbocycles. The van der Waals surface area contributed by atoms with E-state index in [-0.39, 0.29) is 22.4 Å². The van der Waals surface area contributed by atoms with Crippen LogP contribution in [0.2, 0.25) is 0 Å². The molecule has 0 spiro atoms. The zero-order valence-electron chi connectivity index (χ0n) is 12.9. The fraction of sp³-hybridized carbons (Fsp3) is 0.0625. The molecular formula is C16H12FN3O4S. The fourth-order valence-corrected chi connectivity index (χ4v) is 2.72. The van der Waals surface area contributed by atoms with Crippen molar-refractivity contribution in [3.8, 4) is 11.5 Å². The number of amides is 1. The van der Waals surface area contributed by atoms with Gasteiger partial charge in [-0.1, -0.05) is 17.2 Å². The minimum absolute atomic E-state index is 0.0196. The van der Waals surface area contributed by atoms with E-state index in [0.717, 1.165) is 6.26 Å². The monoisotopic (exact) mass is 361 g/mol. The van der Waals surface area contributed by atoms with Crippen molar-refractivity contribution >= 4 is 21.8 Å². The summed E-state index contributed by atoms with van der Waals surface area (Å²) in [6, 6.07) is 10.9. The molecule has 0 fully saturated rings. The molecule has 0 radical (unpaired) electrons. The summed E-state index contributed by atoms with van der Waals surface area (Å²) >= 11 is 0. The summed E-state index contributed by atoms with van der Waals surface area (Å²) in [4.78, 5) is 12.2. The number of sulfone groups is 1. The molecule has 9 heteroatoms. The van der Waals surface area contributed by atoms with E-state index >= 15 is 0 Å². The number of nitrogens with one attached hydrogen (secondary N) is 1. The van der Waals surface area contributed by atoms with E-state index in [9.17, 15) is 17.6 Å². The molecule has 0 aliphatic rings. The third kappa shape index (κ3) is 3.89. The van der Waals surface area contributed by atoms with Crippen molar-refractivity contribution in [3.63, 3.8) is 0 Å². The van der Waals surface area contributed by atoms with Gasteiger partial charge in [0.25, 0.3) is 5.91 Å². The standard InChI is InChI=1S/C16H12FN3O4S/c1-25(22,23)13-7-3-4-10(9-13)14(21)18-16-20-19-15(24-16)11-5-2-6-12(17)8-11/h2-9H,1H3,(H,18,20,21). The summed E-state index contributed by atoms with van der Waals surface area (Å²) in [6.07, 6.45) is 1.05. The topological polar surface area (TPSA) is 102 Å². The first-order valence-corrected chi connectivity index (χ1v) is 8.93. The summed E-state index contributed by atoms with van der Waals surface area (Å²) in [5.74, 6) is -1.03. The number of rotatable bonds is 4. The van der Waals surface area contributed by atoms with Crippen molar-refractivity contribution in [2.75, 3.05) is 11.6 Å². The first kappa shape index (κ1) is 16.8.